The van der Waals surface area contributed by atoms with Crippen LogP contribution in [-0.2, 0) is 9.36 Å². The van der Waals surface area contributed by atoms with Crippen LogP contribution in [0.5, 0.6) is 0 Å². The van der Waals surface area contributed by atoms with E-state index in [4.69, 9.17) is 20.0 Å². The third kappa shape index (κ3) is 5.05. The number of aliphatic hydroxyl groups is 1. The number of aliphatic hydroxyl groups excluding tert-OH is 1. The molecule has 0 saturated carbocycles. The van der Waals surface area contributed by atoms with Crippen LogP contribution in [0.3, 0.4) is 0 Å². The minimum Gasteiger partial charge on any atom is -0.480 e. The summed E-state index contributed by atoms with van der Waals surface area (Å²) in [4.78, 5) is 28.7. The fourth-order valence-corrected chi connectivity index (χ4v) is 2.23. The van der Waals surface area contributed by atoms with Gasteiger partial charge >= 0.3 is 13.7 Å². The van der Waals surface area contributed by atoms with E-state index < -0.39 is 26.4 Å². The molecule has 1 unspecified atom stereocenters. The highest BCUT2D eigenvalue weighted by Crippen LogP contribution is 2.41. The van der Waals surface area contributed by atoms with Crippen molar-refractivity contribution in [2.24, 2.45) is 0 Å². The number of carboxylic acids is 1. The number of carboxylic acid groups (broad SMARTS) is 1. The Bertz CT molecular complexity index is 265. The monoisotopic (exact) mass is 255 g/mol. The quantitative estimate of drug-likeness (QED) is 0.356. The zero-order valence-electron chi connectivity index (χ0n) is 9.11. The Morgan fingerprint density at radius 2 is 1.94 bits per heavy atom. The summed E-state index contributed by atoms with van der Waals surface area (Å²) >= 11 is 0. The van der Waals surface area contributed by atoms with E-state index in [0.717, 1.165) is 12.8 Å². The molecule has 16 heavy (non-hydrogen) atoms. The standard InChI is InChI=1S/C8H18NO6P/c1-2-3-4-5-9(16(13,14)15)7(6-10)8(11)12/h7,10H,2-6H2,1H3,(H,11,12)(H2,13,14,15). The van der Waals surface area contributed by atoms with Crippen molar-refractivity contribution in [1.29, 1.82) is 0 Å². The Hall–Kier alpha value is -0.460. The van der Waals surface area contributed by atoms with Gasteiger partial charge < -0.3 is 20.0 Å². The van der Waals surface area contributed by atoms with Gasteiger partial charge in [-0.1, -0.05) is 19.8 Å². The molecule has 0 fully saturated rings. The molecule has 7 nitrogen and oxygen atoms in total. The van der Waals surface area contributed by atoms with Crippen LogP contribution in [0.25, 0.3) is 0 Å². The molecule has 0 amide bonds. The van der Waals surface area contributed by atoms with Crippen LogP contribution in [0.15, 0.2) is 0 Å². The van der Waals surface area contributed by atoms with Crippen LogP contribution >= 0.6 is 7.75 Å². The largest absolute Gasteiger partial charge is 0.480 e. The lowest BCUT2D eigenvalue weighted by Crippen LogP contribution is -2.42. The van der Waals surface area contributed by atoms with Crippen LogP contribution in [0.2, 0.25) is 0 Å². The van der Waals surface area contributed by atoms with E-state index >= 15 is 0 Å². The fraction of sp³-hybridized carbons (Fsp3) is 0.875. The highest BCUT2D eigenvalue weighted by Gasteiger charge is 2.36. The lowest BCUT2D eigenvalue weighted by atomic mass is 10.2. The van der Waals surface area contributed by atoms with Crippen LogP contribution in [0.1, 0.15) is 26.2 Å². The van der Waals surface area contributed by atoms with E-state index in [2.05, 4.69) is 0 Å². The first kappa shape index (κ1) is 15.5. The number of aliphatic carboxylic acids is 1. The summed E-state index contributed by atoms with van der Waals surface area (Å²) in [5, 5.41) is 17.5. The molecule has 0 aliphatic heterocycles. The maximum absolute atomic E-state index is 11.1. The fourth-order valence-electron chi connectivity index (χ4n) is 1.29. The summed E-state index contributed by atoms with van der Waals surface area (Å²) in [6, 6.07) is -1.56. The summed E-state index contributed by atoms with van der Waals surface area (Å²) < 4.78 is 11.6. The number of unbranched alkanes of at least 4 members (excludes halogenated alkanes) is 2. The molecule has 1 atom stereocenters. The van der Waals surface area contributed by atoms with E-state index in [1.54, 1.807) is 0 Å². The van der Waals surface area contributed by atoms with Crippen LogP contribution in [0, 0.1) is 0 Å². The van der Waals surface area contributed by atoms with E-state index in [1.165, 1.54) is 0 Å². The number of hydrogen-bond donors (Lipinski definition) is 4. The van der Waals surface area contributed by atoms with Gasteiger partial charge in [-0.05, 0) is 6.42 Å². The molecule has 0 saturated heterocycles. The first-order chi connectivity index (χ1) is 7.34. The number of rotatable bonds is 8. The molecule has 0 radical (unpaired) electrons. The Morgan fingerprint density at radius 3 is 2.25 bits per heavy atom. The lowest BCUT2D eigenvalue weighted by Gasteiger charge is -2.27. The number of nitrogens with zero attached hydrogens (tertiary/aromatic N) is 1. The van der Waals surface area contributed by atoms with Gasteiger partial charge in [-0.3, -0.25) is 4.79 Å². The smallest absolute Gasteiger partial charge is 0.403 e. The minimum absolute atomic E-state index is 0.0460. The van der Waals surface area contributed by atoms with Crippen LogP contribution in [-0.4, -0.2) is 49.8 Å². The summed E-state index contributed by atoms with van der Waals surface area (Å²) in [6.45, 7) is 1.05. The maximum Gasteiger partial charge on any atom is 0.403 e. The Balaban J connectivity index is 4.65. The summed E-state index contributed by atoms with van der Waals surface area (Å²) in [6.07, 6.45) is 2.07. The van der Waals surface area contributed by atoms with Gasteiger partial charge in [0.25, 0.3) is 0 Å². The van der Waals surface area contributed by atoms with E-state index in [-0.39, 0.29) is 6.54 Å². The zero-order chi connectivity index (χ0) is 12.8. The number of hydrogen-bond acceptors (Lipinski definition) is 3. The summed E-state index contributed by atoms with van der Waals surface area (Å²) in [7, 11) is -4.65. The van der Waals surface area contributed by atoms with Crippen molar-refractivity contribution >= 4 is 13.7 Å². The maximum atomic E-state index is 11.1. The van der Waals surface area contributed by atoms with Crippen molar-refractivity contribution < 1.29 is 29.4 Å². The molecule has 0 aromatic carbocycles. The van der Waals surface area contributed by atoms with Gasteiger partial charge in [-0.2, -0.15) is 4.67 Å². The van der Waals surface area contributed by atoms with Crippen molar-refractivity contribution in [3.63, 3.8) is 0 Å². The minimum atomic E-state index is -4.65. The molecule has 0 aliphatic rings. The van der Waals surface area contributed by atoms with E-state index in [9.17, 15) is 9.36 Å². The lowest BCUT2D eigenvalue weighted by molar-refractivity contribution is -0.143. The molecule has 96 valence electrons. The normalized spacial score (nSPS) is 14.1. The average molecular weight is 255 g/mol. The Morgan fingerprint density at radius 1 is 1.38 bits per heavy atom. The topological polar surface area (TPSA) is 118 Å². The van der Waals surface area contributed by atoms with Crippen molar-refractivity contribution in [2.75, 3.05) is 13.2 Å². The molecular formula is C8H18NO6P. The molecule has 0 spiro atoms. The third-order valence-electron chi connectivity index (χ3n) is 2.14. The van der Waals surface area contributed by atoms with Gasteiger partial charge in [0.1, 0.15) is 6.04 Å². The Labute approximate surface area is 93.9 Å². The van der Waals surface area contributed by atoms with Gasteiger partial charge in [0, 0.05) is 6.54 Å². The predicted molar refractivity (Wildman–Crippen MR) is 56.8 cm³/mol. The average Bonchev–Trinajstić information content (AvgIpc) is 2.14. The molecule has 0 heterocycles. The molecule has 0 rings (SSSR count). The molecule has 0 aliphatic carbocycles. The van der Waals surface area contributed by atoms with Crippen LogP contribution in [0.4, 0.5) is 0 Å². The first-order valence-electron chi connectivity index (χ1n) is 5.00. The molecule has 0 bridgehead atoms. The van der Waals surface area contributed by atoms with Crippen molar-refractivity contribution in [1.82, 2.24) is 4.67 Å². The second-order valence-corrected chi connectivity index (χ2v) is 4.96. The van der Waals surface area contributed by atoms with E-state index in [0.29, 0.717) is 11.1 Å². The third-order valence-corrected chi connectivity index (χ3v) is 3.29. The molecular weight excluding hydrogens is 237 g/mol. The van der Waals surface area contributed by atoms with E-state index in [1.807, 2.05) is 6.92 Å². The highest BCUT2D eigenvalue weighted by atomic mass is 31.2. The van der Waals surface area contributed by atoms with Gasteiger partial charge in [0.2, 0.25) is 0 Å². The predicted octanol–water partition coefficient (Wildman–Crippen LogP) is 0.0168. The molecule has 0 aromatic rings. The second kappa shape index (κ2) is 6.98. The first-order valence-corrected chi connectivity index (χ1v) is 6.57. The highest BCUT2D eigenvalue weighted by molar-refractivity contribution is 7.49. The van der Waals surface area contributed by atoms with Gasteiger partial charge in [0.05, 0.1) is 6.61 Å². The zero-order valence-corrected chi connectivity index (χ0v) is 10.0. The van der Waals surface area contributed by atoms with Crippen molar-refractivity contribution in [2.45, 2.75) is 32.2 Å². The summed E-state index contributed by atoms with van der Waals surface area (Å²) in [5.74, 6) is -1.44. The molecule has 8 heteroatoms. The molecule has 0 aromatic heterocycles. The second-order valence-electron chi connectivity index (χ2n) is 3.42. The van der Waals surface area contributed by atoms with Gasteiger partial charge in [-0.25, -0.2) is 4.57 Å². The molecule has 4 N–H and O–H groups in total. The van der Waals surface area contributed by atoms with Gasteiger partial charge in [-0.15, -0.1) is 0 Å². The Kier molecular flexibility index (Phi) is 6.78. The summed E-state index contributed by atoms with van der Waals surface area (Å²) in [5.41, 5.74) is 0. The van der Waals surface area contributed by atoms with Crippen LogP contribution < -0.4 is 0 Å². The van der Waals surface area contributed by atoms with Crippen molar-refractivity contribution in [3.05, 3.63) is 0 Å². The SMILES string of the molecule is CCCCCN(C(CO)C(=O)O)P(=O)(O)O. The number of carbonyl (C=O) groups is 1. The van der Waals surface area contributed by atoms with Gasteiger partial charge in [0.15, 0.2) is 0 Å². The van der Waals surface area contributed by atoms with Crippen molar-refractivity contribution in [3.8, 4) is 0 Å².